The molecule has 0 fully saturated rings. The van der Waals surface area contributed by atoms with Crippen LogP contribution in [0.5, 0.6) is 0 Å². The van der Waals surface area contributed by atoms with E-state index in [9.17, 15) is 4.79 Å². The van der Waals surface area contributed by atoms with Crippen LogP contribution in [0.15, 0.2) is 60.2 Å². The van der Waals surface area contributed by atoms with Gasteiger partial charge in [-0.1, -0.05) is 30.3 Å². The summed E-state index contributed by atoms with van der Waals surface area (Å²) in [5, 5.41) is 9.10. The SMILES string of the molecule is CCOC(=O)c1c(-c2ccccc2)csc1NC(=S)Nc1cccnc1. The van der Waals surface area contributed by atoms with Crippen molar-refractivity contribution in [2.45, 2.75) is 6.92 Å². The number of carbonyl (C=O) groups excluding carboxylic acids is 1. The maximum atomic E-state index is 12.5. The molecule has 0 bridgehead atoms. The van der Waals surface area contributed by atoms with Gasteiger partial charge in [-0.3, -0.25) is 4.98 Å². The highest BCUT2D eigenvalue weighted by Crippen LogP contribution is 2.36. The molecule has 0 spiro atoms. The van der Waals surface area contributed by atoms with E-state index >= 15 is 0 Å². The molecule has 132 valence electrons. The third-order valence-electron chi connectivity index (χ3n) is 3.50. The molecule has 26 heavy (non-hydrogen) atoms. The predicted molar refractivity (Wildman–Crippen MR) is 110 cm³/mol. The number of ether oxygens (including phenoxy) is 1. The Morgan fingerprint density at radius 3 is 2.69 bits per heavy atom. The molecular formula is C19H17N3O2S2. The van der Waals surface area contributed by atoms with E-state index < -0.39 is 0 Å². The zero-order valence-corrected chi connectivity index (χ0v) is 15.7. The lowest BCUT2D eigenvalue weighted by Crippen LogP contribution is -2.20. The number of rotatable bonds is 5. The molecule has 1 aromatic carbocycles. The Labute approximate surface area is 161 Å². The van der Waals surface area contributed by atoms with Crippen LogP contribution in [0.4, 0.5) is 10.7 Å². The van der Waals surface area contributed by atoms with Crippen molar-refractivity contribution in [2.75, 3.05) is 17.2 Å². The van der Waals surface area contributed by atoms with Crippen LogP contribution < -0.4 is 10.6 Å². The Balaban J connectivity index is 1.88. The highest BCUT2D eigenvalue weighted by atomic mass is 32.1. The zero-order valence-electron chi connectivity index (χ0n) is 14.1. The van der Waals surface area contributed by atoms with Crippen molar-refractivity contribution in [1.29, 1.82) is 0 Å². The molecule has 0 saturated heterocycles. The van der Waals surface area contributed by atoms with Crippen molar-refractivity contribution < 1.29 is 9.53 Å². The molecule has 0 aliphatic heterocycles. The molecule has 0 aliphatic carbocycles. The first-order valence-electron chi connectivity index (χ1n) is 8.01. The molecule has 0 atom stereocenters. The fourth-order valence-electron chi connectivity index (χ4n) is 2.39. The predicted octanol–water partition coefficient (Wildman–Crippen LogP) is 4.80. The Bertz CT molecular complexity index is 896. The summed E-state index contributed by atoms with van der Waals surface area (Å²) in [5.41, 5.74) is 3.02. The van der Waals surface area contributed by atoms with Crippen molar-refractivity contribution >= 4 is 45.3 Å². The fraction of sp³-hybridized carbons (Fsp3) is 0.105. The van der Waals surface area contributed by atoms with Crippen LogP contribution in [0.25, 0.3) is 11.1 Å². The topological polar surface area (TPSA) is 63.2 Å². The highest BCUT2D eigenvalue weighted by molar-refractivity contribution is 7.80. The van der Waals surface area contributed by atoms with Gasteiger partial charge < -0.3 is 15.4 Å². The summed E-state index contributed by atoms with van der Waals surface area (Å²) >= 11 is 6.77. The van der Waals surface area contributed by atoms with Gasteiger partial charge in [0.25, 0.3) is 0 Å². The number of esters is 1. The Hall–Kier alpha value is -2.77. The molecule has 0 aliphatic rings. The molecule has 0 saturated carbocycles. The number of anilines is 2. The molecular weight excluding hydrogens is 366 g/mol. The lowest BCUT2D eigenvalue weighted by molar-refractivity contribution is 0.0529. The largest absolute Gasteiger partial charge is 0.462 e. The number of carbonyl (C=O) groups is 1. The third kappa shape index (κ3) is 4.25. The second-order valence-corrected chi connectivity index (χ2v) is 6.55. The second kappa shape index (κ2) is 8.55. The van der Waals surface area contributed by atoms with E-state index in [2.05, 4.69) is 15.6 Å². The molecule has 3 aromatic rings. The van der Waals surface area contributed by atoms with E-state index in [1.54, 1.807) is 19.3 Å². The molecule has 0 amide bonds. The third-order valence-corrected chi connectivity index (χ3v) is 4.60. The van der Waals surface area contributed by atoms with Crippen LogP contribution in [0.1, 0.15) is 17.3 Å². The summed E-state index contributed by atoms with van der Waals surface area (Å²) < 4.78 is 5.24. The first kappa shape index (κ1) is 18.0. The Kier molecular flexibility index (Phi) is 5.93. The maximum Gasteiger partial charge on any atom is 0.341 e. The van der Waals surface area contributed by atoms with Crippen molar-refractivity contribution in [3.63, 3.8) is 0 Å². The standard InChI is InChI=1S/C19H17N3O2S2/c1-2-24-18(23)16-15(13-7-4-3-5-8-13)12-26-17(16)22-19(25)21-14-9-6-10-20-11-14/h3-12H,2H2,1H3,(H2,21,22,25). The van der Waals surface area contributed by atoms with Gasteiger partial charge in [0.2, 0.25) is 0 Å². The van der Waals surface area contributed by atoms with Crippen LogP contribution in [0.2, 0.25) is 0 Å². The van der Waals surface area contributed by atoms with Crippen molar-refractivity contribution in [3.8, 4) is 11.1 Å². The van der Waals surface area contributed by atoms with E-state index in [1.807, 2.05) is 47.8 Å². The van der Waals surface area contributed by atoms with Gasteiger partial charge in [-0.15, -0.1) is 11.3 Å². The van der Waals surface area contributed by atoms with Gasteiger partial charge in [0, 0.05) is 17.1 Å². The van der Waals surface area contributed by atoms with Crippen LogP contribution in [0.3, 0.4) is 0 Å². The van der Waals surface area contributed by atoms with Crippen LogP contribution in [-0.4, -0.2) is 22.7 Å². The van der Waals surface area contributed by atoms with Gasteiger partial charge in [-0.25, -0.2) is 4.79 Å². The Morgan fingerprint density at radius 2 is 2.00 bits per heavy atom. The normalized spacial score (nSPS) is 10.2. The number of pyridine rings is 1. The van der Waals surface area contributed by atoms with Gasteiger partial charge in [-0.2, -0.15) is 0 Å². The minimum atomic E-state index is -0.376. The smallest absolute Gasteiger partial charge is 0.341 e. The highest BCUT2D eigenvalue weighted by Gasteiger charge is 2.22. The average molecular weight is 383 g/mol. The van der Waals surface area contributed by atoms with Gasteiger partial charge in [-0.05, 0) is 36.8 Å². The Morgan fingerprint density at radius 1 is 1.19 bits per heavy atom. The van der Waals surface area contributed by atoms with Crippen LogP contribution in [0, 0.1) is 0 Å². The number of nitrogens with zero attached hydrogens (tertiary/aromatic N) is 1. The maximum absolute atomic E-state index is 12.5. The molecule has 0 radical (unpaired) electrons. The number of benzene rings is 1. The summed E-state index contributed by atoms with van der Waals surface area (Å²) in [6.07, 6.45) is 3.36. The number of aromatic nitrogens is 1. The van der Waals surface area contributed by atoms with Gasteiger partial charge >= 0.3 is 5.97 Å². The fourth-order valence-corrected chi connectivity index (χ4v) is 3.63. The second-order valence-electron chi connectivity index (χ2n) is 5.26. The molecule has 2 aromatic heterocycles. The molecule has 2 heterocycles. The minimum Gasteiger partial charge on any atom is -0.462 e. The number of hydrogen-bond acceptors (Lipinski definition) is 5. The summed E-state index contributed by atoms with van der Waals surface area (Å²) in [6, 6.07) is 13.4. The van der Waals surface area contributed by atoms with Crippen molar-refractivity contribution in [2.24, 2.45) is 0 Å². The lowest BCUT2D eigenvalue weighted by atomic mass is 10.0. The molecule has 0 unspecified atom stereocenters. The lowest BCUT2D eigenvalue weighted by Gasteiger charge is -2.11. The number of thiocarbonyl (C=S) groups is 1. The quantitative estimate of drug-likeness (QED) is 0.488. The van der Waals surface area contributed by atoms with Gasteiger partial charge in [0.15, 0.2) is 5.11 Å². The molecule has 5 nitrogen and oxygen atoms in total. The minimum absolute atomic E-state index is 0.306. The van der Waals surface area contributed by atoms with Gasteiger partial charge in [0.1, 0.15) is 10.6 Å². The van der Waals surface area contributed by atoms with E-state index in [4.69, 9.17) is 17.0 Å². The monoisotopic (exact) mass is 383 g/mol. The molecule has 3 rings (SSSR count). The zero-order chi connectivity index (χ0) is 18.4. The average Bonchev–Trinajstić information content (AvgIpc) is 3.07. The number of thiophene rings is 1. The summed E-state index contributed by atoms with van der Waals surface area (Å²) in [5.74, 6) is -0.376. The number of hydrogen-bond donors (Lipinski definition) is 2. The molecule has 2 N–H and O–H groups in total. The van der Waals surface area contributed by atoms with E-state index in [1.165, 1.54) is 11.3 Å². The number of nitrogens with one attached hydrogen (secondary N) is 2. The summed E-state index contributed by atoms with van der Waals surface area (Å²) in [6.45, 7) is 2.09. The van der Waals surface area contributed by atoms with Crippen LogP contribution in [-0.2, 0) is 4.74 Å². The molecule has 7 heteroatoms. The van der Waals surface area contributed by atoms with E-state index in [0.717, 1.165) is 16.8 Å². The van der Waals surface area contributed by atoms with E-state index in [-0.39, 0.29) is 5.97 Å². The van der Waals surface area contributed by atoms with Crippen molar-refractivity contribution in [1.82, 2.24) is 4.98 Å². The first-order valence-corrected chi connectivity index (χ1v) is 9.30. The van der Waals surface area contributed by atoms with Crippen molar-refractivity contribution in [3.05, 3.63) is 65.8 Å². The summed E-state index contributed by atoms with van der Waals surface area (Å²) in [4.78, 5) is 16.6. The van der Waals surface area contributed by atoms with Gasteiger partial charge in [0.05, 0.1) is 18.5 Å². The summed E-state index contributed by atoms with van der Waals surface area (Å²) in [7, 11) is 0. The first-order chi connectivity index (χ1) is 12.7. The van der Waals surface area contributed by atoms with E-state index in [0.29, 0.717) is 22.3 Å². The van der Waals surface area contributed by atoms with Crippen LogP contribution >= 0.6 is 23.6 Å².